The number of esters is 1. The first-order valence-corrected chi connectivity index (χ1v) is 8.01. The summed E-state index contributed by atoms with van der Waals surface area (Å²) in [5.74, 6) is -1.59. The van der Waals surface area contributed by atoms with Crippen LogP contribution in [0.25, 0.3) is 10.6 Å². The van der Waals surface area contributed by atoms with E-state index in [4.69, 9.17) is 11.6 Å². The Kier molecular flexibility index (Phi) is 5.91. The molecule has 0 atom stereocenters. The Morgan fingerprint density at radius 2 is 2.05 bits per heavy atom. The van der Waals surface area contributed by atoms with Gasteiger partial charge in [-0.1, -0.05) is 23.7 Å². The van der Waals surface area contributed by atoms with Crippen LogP contribution >= 0.6 is 22.9 Å². The molecule has 2 rings (SSSR count). The highest BCUT2D eigenvalue weighted by atomic mass is 35.5. The lowest BCUT2D eigenvalue weighted by atomic mass is 10.2. The molecule has 0 spiro atoms. The molecule has 0 aliphatic heterocycles. The van der Waals surface area contributed by atoms with Gasteiger partial charge < -0.3 is 10.1 Å². The minimum atomic E-state index is -0.859. The summed E-state index contributed by atoms with van der Waals surface area (Å²) in [5, 5.41) is 6.01. The minimum Gasteiger partial charge on any atom is -0.459 e. The van der Waals surface area contributed by atoms with Crippen molar-refractivity contribution in [2.24, 2.45) is 0 Å². The second-order valence-electron chi connectivity index (χ2n) is 4.38. The molecular weight excluding hydrogens is 324 g/mol. The summed E-state index contributed by atoms with van der Waals surface area (Å²) in [6.45, 7) is 2.17. The van der Waals surface area contributed by atoms with Gasteiger partial charge in [-0.05, 0) is 19.1 Å². The molecule has 0 saturated heterocycles. The monoisotopic (exact) mass is 338 g/mol. The second-order valence-corrected chi connectivity index (χ2v) is 5.67. The average molecular weight is 339 g/mol. The summed E-state index contributed by atoms with van der Waals surface area (Å²) in [6, 6.07) is 7.45. The van der Waals surface area contributed by atoms with E-state index in [1.807, 2.05) is 29.6 Å². The Morgan fingerprint density at radius 3 is 2.73 bits per heavy atom. The molecule has 5 nitrogen and oxygen atoms in total. The molecule has 1 aromatic heterocycles. The van der Waals surface area contributed by atoms with Crippen molar-refractivity contribution in [3.05, 3.63) is 40.4 Å². The molecule has 0 unspecified atom stereocenters. The average Bonchev–Trinajstić information content (AvgIpc) is 2.97. The van der Waals surface area contributed by atoms with Crippen LogP contribution in [0.5, 0.6) is 0 Å². The van der Waals surface area contributed by atoms with E-state index >= 15 is 0 Å². The van der Waals surface area contributed by atoms with Gasteiger partial charge in [-0.15, -0.1) is 11.3 Å². The molecule has 0 fully saturated rings. The topological polar surface area (TPSA) is 68.3 Å². The number of aromatic nitrogens is 1. The Bertz CT molecular complexity index is 655. The zero-order valence-corrected chi connectivity index (χ0v) is 13.5. The molecule has 0 saturated carbocycles. The molecule has 0 radical (unpaired) electrons. The van der Waals surface area contributed by atoms with Gasteiger partial charge in [-0.3, -0.25) is 4.79 Å². The summed E-state index contributed by atoms with van der Waals surface area (Å²) in [4.78, 5) is 27.0. The lowest BCUT2D eigenvalue weighted by molar-refractivity contribution is -0.154. The third-order valence-electron chi connectivity index (χ3n) is 2.77. The summed E-state index contributed by atoms with van der Waals surface area (Å²) >= 11 is 7.38. The van der Waals surface area contributed by atoms with Crippen molar-refractivity contribution in [1.29, 1.82) is 0 Å². The first-order chi connectivity index (χ1) is 10.6. The van der Waals surface area contributed by atoms with Crippen LogP contribution in [-0.4, -0.2) is 30.0 Å². The van der Waals surface area contributed by atoms with Gasteiger partial charge in [0.05, 0.1) is 12.3 Å². The molecular formula is C15H15ClN2O3S. The zero-order chi connectivity index (χ0) is 15.9. The number of nitrogens with zero attached hydrogens (tertiary/aromatic N) is 1. The quantitative estimate of drug-likeness (QED) is 0.672. The number of hydrogen-bond donors (Lipinski definition) is 1. The van der Waals surface area contributed by atoms with Crippen LogP contribution in [0.1, 0.15) is 12.6 Å². The number of rotatable bonds is 5. The molecule has 1 heterocycles. The van der Waals surface area contributed by atoms with E-state index in [0.29, 0.717) is 18.0 Å². The molecule has 22 heavy (non-hydrogen) atoms. The Labute approximate surface area is 137 Å². The van der Waals surface area contributed by atoms with E-state index in [-0.39, 0.29) is 6.61 Å². The maximum Gasteiger partial charge on any atom is 0.396 e. The Hall–Kier alpha value is -1.92. The highest BCUT2D eigenvalue weighted by Crippen LogP contribution is 2.25. The number of nitrogens with one attached hydrogen (secondary N) is 1. The lowest BCUT2D eigenvalue weighted by Crippen LogP contribution is -2.33. The predicted octanol–water partition coefficient (Wildman–Crippen LogP) is 2.69. The van der Waals surface area contributed by atoms with Crippen molar-refractivity contribution >= 4 is 34.8 Å². The number of ether oxygens (including phenoxy) is 1. The van der Waals surface area contributed by atoms with Crippen molar-refractivity contribution in [2.75, 3.05) is 13.2 Å². The summed E-state index contributed by atoms with van der Waals surface area (Å²) in [6.07, 6.45) is 0.551. The Balaban J connectivity index is 1.86. The summed E-state index contributed by atoms with van der Waals surface area (Å²) in [5.41, 5.74) is 1.86. The Morgan fingerprint density at radius 1 is 1.32 bits per heavy atom. The van der Waals surface area contributed by atoms with Crippen LogP contribution in [0.3, 0.4) is 0 Å². The van der Waals surface area contributed by atoms with Crippen LogP contribution in [0.2, 0.25) is 5.02 Å². The molecule has 1 aromatic carbocycles. The molecule has 0 bridgehead atoms. The molecule has 0 aliphatic rings. The smallest absolute Gasteiger partial charge is 0.396 e. The SMILES string of the molecule is CCOC(=O)C(=O)NCCc1csc(-c2ccc(Cl)cc2)n1. The van der Waals surface area contributed by atoms with E-state index in [9.17, 15) is 9.59 Å². The van der Waals surface area contributed by atoms with Crippen LogP contribution in [-0.2, 0) is 20.7 Å². The number of benzene rings is 1. The van der Waals surface area contributed by atoms with Crippen LogP contribution < -0.4 is 5.32 Å². The van der Waals surface area contributed by atoms with Crippen molar-refractivity contribution in [1.82, 2.24) is 10.3 Å². The highest BCUT2D eigenvalue weighted by molar-refractivity contribution is 7.13. The van der Waals surface area contributed by atoms with Crippen LogP contribution in [0, 0.1) is 0 Å². The molecule has 1 amide bonds. The number of thiazole rings is 1. The van der Waals surface area contributed by atoms with E-state index < -0.39 is 11.9 Å². The van der Waals surface area contributed by atoms with Crippen molar-refractivity contribution in [3.63, 3.8) is 0 Å². The van der Waals surface area contributed by atoms with Gasteiger partial charge in [0.1, 0.15) is 5.01 Å². The number of amides is 1. The minimum absolute atomic E-state index is 0.183. The van der Waals surface area contributed by atoms with Gasteiger partial charge in [0, 0.05) is 28.9 Å². The van der Waals surface area contributed by atoms with Gasteiger partial charge in [-0.2, -0.15) is 0 Å². The first kappa shape index (κ1) is 16.5. The normalized spacial score (nSPS) is 10.3. The number of carbonyl (C=O) groups excluding carboxylic acids is 2. The third-order valence-corrected chi connectivity index (χ3v) is 3.96. The molecule has 1 N–H and O–H groups in total. The van der Waals surface area contributed by atoms with Gasteiger partial charge in [0.15, 0.2) is 0 Å². The summed E-state index contributed by atoms with van der Waals surface area (Å²) in [7, 11) is 0. The van der Waals surface area contributed by atoms with Gasteiger partial charge in [-0.25, -0.2) is 9.78 Å². The largest absolute Gasteiger partial charge is 0.459 e. The van der Waals surface area contributed by atoms with Crippen LogP contribution in [0.4, 0.5) is 0 Å². The van der Waals surface area contributed by atoms with Gasteiger partial charge >= 0.3 is 11.9 Å². The standard InChI is InChI=1S/C15H15ClN2O3S/c1-2-21-15(20)13(19)17-8-7-12-9-22-14(18-12)10-3-5-11(16)6-4-10/h3-6,9H,2,7-8H2,1H3,(H,17,19). The fourth-order valence-corrected chi connectivity index (χ4v) is 2.71. The first-order valence-electron chi connectivity index (χ1n) is 6.75. The maximum atomic E-state index is 11.4. The number of carbonyl (C=O) groups is 2. The second kappa shape index (κ2) is 7.91. The number of halogens is 1. The van der Waals surface area contributed by atoms with Crippen molar-refractivity contribution in [2.45, 2.75) is 13.3 Å². The fourth-order valence-electron chi connectivity index (χ4n) is 1.72. The van der Waals surface area contributed by atoms with Crippen molar-refractivity contribution in [3.8, 4) is 10.6 Å². The fraction of sp³-hybridized carbons (Fsp3) is 0.267. The van der Waals surface area contributed by atoms with Crippen molar-refractivity contribution < 1.29 is 14.3 Å². The predicted molar refractivity (Wildman–Crippen MR) is 85.9 cm³/mol. The molecule has 0 aliphatic carbocycles. The molecule has 2 aromatic rings. The van der Waals surface area contributed by atoms with E-state index in [1.165, 1.54) is 11.3 Å². The summed E-state index contributed by atoms with van der Waals surface area (Å²) < 4.78 is 4.60. The highest BCUT2D eigenvalue weighted by Gasteiger charge is 2.13. The number of hydrogen-bond acceptors (Lipinski definition) is 5. The van der Waals surface area contributed by atoms with Crippen LogP contribution in [0.15, 0.2) is 29.6 Å². The molecule has 7 heteroatoms. The van der Waals surface area contributed by atoms with E-state index in [0.717, 1.165) is 16.3 Å². The zero-order valence-electron chi connectivity index (χ0n) is 12.0. The van der Waals surface area contributed by atoms with Gasteiger partial charge in [0.2, 0.25) is 0 Å². The lowest BCUT2D eigenvalue weighted by Gasteiger charge is -2.03. The molecule has 116 valence electrons. The maximum absolute atomic E-state index is 11.4. The third kappa shape index (κ3) is 4.54. The van der Waals surface area contributed by atoms with E-state index in [2.05, 4.69) is 15.0 Å². The van der Waals surface area contributed by atoms with E-state index in [1.54, 1.807) is 6.92 Å². The van der Waals surface area contributed by atoms with Gasteiger partial charge in [0.25, 0.3) is 0 Å².